The molecule has 0 N–H and O–H groups in total. The first-order valence-corrected chi connectivity index (χ1v) is 10.7. The fraction of sp³-hybridized carbons (Fsp3) is 0.238. The van der Waals surface area contributed by atoms with E-state index in [0.29, 0.717) is 9.79 Å². The van der Waals surface area contributed by atoms with E-state index in [9.17, 15) is 8.42 Å². The summed E-state index contributed by atoms with van der Waals surface area (Å²) in [5, 5.41) is 0. The number of anilines is 1. The van der Waals surface area contributed by atoms with Gasteiger partial charge in [0.15, 0.2) is 0 Å². The van der Waals surface area contributed by atoms with Crippen LogP contribution >= 0.6 is 0 Å². The van der Waals surface area contributed by atoms with Gasteiger partial charge in [0.1, 0.15) is 0 Å². The number of sulfone groups is 1. The van der Waals surface area contributed by atoms with E-state index in [1.807, 2.05) is 24.3 Å². The molecule has 1 fully saturated rings. The Morgan fingerprint density at radius 3 is 2.18 bits per heavy atom. The SMILES string of the molecule is O=S(=O)(c1ccccc1)c1cccc(CN2CCN(c3ncccn3)CC2)c1. The first-order valence-electron chi connectivity index (χ1n) is 9.26. The minimum absolute atomic E-state index is 0.323. The maximum absolute atomic E-state index is 12.8. The van der Waals surface area contributed by atoms with Crippen LogP contribution in [0, 0.1) is 0 Å². The van der Waals surface area contributed by atoms with Crippen LogP contribution in [-0.2, 0) is 16.4 Å². The Morgan fingerprint density at radius 2 is 1.46 bits per heavy atom. The van der Waals surface area contributed by atoms with E-state index in [2.05, 4.69) is 19.8 Å². The predicted octanol–water partition coefficient (Wildman–Crippen LogP) is 2.63. The molecule has 0 saturated carbocycles. The molecule has 0 unspecified atom stereocenters. The smallest absolute Gasteiger partial charge is 0.225 e. The second kappa shape index (κ2) is 8.08. The average molecular weight is 395 g/mol. The predicted molar refractivity (Wildman–Crippen MR) is 108 cm³/mol. The molecule has 0 radical (unpaired) electrons. The van der Waals surface area contributed by atoms with E-state index in [1.165, 1.54) is 0 Å². The van der Waals surface area contributed by atoms with Gasteiger partial charge in [0.2, 0.25) is 15.8 Å². The van der Waals surface area contributed by atoms with Gasteiger partial charge in [-0.25, -0.2) is 18.4 Å². The molecule has 1 aromatic heterocycles. The monoisotopic (exact) mass is 394 g/mol. The van der Waals surface area contributed by atoms with Crippen LogP contribution in [-0.4, -0.2) is 49.5 Å². The van der Waals surface area contributed by atoms with Gasteiger partial charge >= 0.3 is 0 Å². The van der Waals surface area contributed by atoms with Gasteiger partial charge in [0.05, 0.1) is 9.79 Å². The number of hydrogen-bond acceptors (Lipinski definition) is 6. The number of piperazine rings is 1. The van der Waals surface area contributed by atoms with Gasteiger partial charge < -0.3 is 4.90 Å². The van der Waals surface area contributed by atoms with E-state index in [-0.39, 0.29) is 0 Å². The largest absolute Gasteiger partial charge is 0.338 e. The Hall–Kier alpha value is -2.77. The van der Waals surface area contributed by atoms with E-state index in [0.717, 1.165) is 44.2 Å². The molecule has 2 aromatic carbocycles. The van der Waals surface area contributed by atoms with E-state index in [4.69, 9.17) is 0 Å². The highest BCUT2D eigenvalue weighted by atomic mass is 32.2. The second-order valence-corrected chi connectivity index (χ2v) is 8.73. The highest BCUT2D eigenvalue weighted by Crippen LogP contribution is 2.22. The van der Waals surface area contributed by atoms with Crippen LogP contribution in [0.4, 0.5) is 5.95 Å². The van der Waals surface area contributed by atoms with Crippen molar-refractivity contribution in [3.63, 3.8) is 0 Å². The van der Waals surface area contributed by atoms with Gasteiger partial charge in [-0.15, -0.1) is 0 Å². The number of benzene rings is 2. The van der Waals surface area contributed by atoms with Crippen LogP contribution < -0.4 is 4.90 Å². The number of aromatic nitrogens is 2. The molecule has 0 aliphatic carbocycles. The summed E-state index contributed by atoms with van der Waals surface area (Å²) in [5.74, 6) is 0.762. The summed E-state index contributed by atoms with van der Waals surface area (Å²) in [6, 6.07) is 17.6. The summed E-state index contributed by atoms with van der Waals surface area (Å²) in [6.45, 7) is 4.20. The van der Waals surface area contributed by atoms with Crippen molar-refractivity contribution in [2.24, 2.45) is 0 Å². The van der Waals surface area contributed by atoms with Crippen molar-refractivity contribution in [2.75, 3.05) is 31.1 Å². The van der Waals surface area contributed by atoms with Crippen molar-refractivity contribution in [3.05, 3.63) is 78.6 Å². The van der Waals surface area contributed by atoms with Crippen molar-refractivity contribution in [1.29, 1.82) is 0 Å². The van der Waals surface area contributed by atoms with Crippen LogP contribution in [0.5, 0.6) is 0 Å². The standard InChI is InChI=1S/C21H22N4O2S/c26-28(27,19-7-2-1-3-8-19)20-9-4-6-18(16-20)17-24-12-14-25(15-13-24)21-22-10-5-11-23-21/h1-11,16H,12-15,17H2. The van der Waals surface area contributed by atoms with E-state index >= 15 is 0 Å². The summed E-state index contributed by atoms with van der Waals surface area (Å²) in [6.07, 6.45) is 3.51. The molecule has 144 valence electrons. The van der Waals surface area contributed by atoms with Crippen molar-refractivity contribution >= 4 is 15.8 Å². The fourth-order valence-corrected chi connectivity index (χ4v) is 4.72. The van der Waals surface area contributed by atoms with Crippen LogP contribution in [0.2, 0.25) is 0 Å². The van der Waals surface area contributed by atoms with Gasteiger partial charge in [0, 0.05) is 45.1 Å². The van der Waals surface area contributed by atoms with Gasteiger partial charge in [-0.1, -0.05) is 30.3 Å². The lowest BCUT2D eigenvalue weighted by Gasteiger charge is -2.34. The molecular weight excluding hydrogens is 372 g/mol. The van der Waals surface area contributed by atoms with Gasteiger partial charge in [0.25, 0.3) is 0 Å². The van der Waals surface area contributed by atoms with Crippen LogP contribution in [0.15, 0.2) is 82.8 Å². The third-order valence-electron chi connectivity index (χ3n) is 4.88. The first-order chi connectivity index (χ1) is 13.6. The third kappa shape index (κ3) is 4.05. The minimum Gasteiger partial charge on any atom is -0.338 e. The number of nitrogens with zero attached hydrogens (tertiary/aromatic N) is 4. The zero-order chi connectivity index (χ0) is 19.4. The molecule has 7 heteroatoms. The first kappa shape index (κ1) is 18.6. The van der Waals surface area contributed by atoms with Crippen molar-refractivity contribution in [1.82, 2.24) is 14.9 Å². The zero-order valence-corrected chi connectivity index (χ0v) is 16.3. The molecule has 3 aromatic rings. The molecule has 1 aliphatic heterocycles. The van der Waals surface area contributed by atoms with Crippen LogP contribution in [0.3, 0.4) is 0 Å². The van der Waals surface area contributed by atoms with Crippen molar-refractivity contribution < 1.29 is 8.42 Å². The molecular formula is C21H22N4O2S. The maximum Gasteiger partial charge on any atom is 0.225 e. The highest BCUT2D eigenvalue weighted by molar-refractivity contribution is 7.91. The molecule has 0 amide bonds. The van der Waals surface area contributed by atoms with E-state index < -0.39 is 9.84 Å². The zero-order valence-electron chi connectivity index (χ0n) is 15.5. The molecule has 1 aliphatic rings. The molecule has 1 saturated heterocycles. The lowest BCUT2D eigenvalue weighted by molar-refractivity contribution is 0.248. The number of rotatable bonds is 5. The normalized spacial score (nSPS) is 15.5. The molecule has 6 nitrogen and oxygen atoms in total. The Bertz CT molecular complexity index is 1020. The molecule has 2 heterocycles. The maximum atomic E-state index is 12.8. The molecule has 0 spiro atoms. The topological polar surface area (TPSA) is 66.4 Å². The molecule has 28 heavy (non-hydrogen) atoms. The fourth-order valence-electron chi connectivity index (χ4n) is 3.37. The summed E-state index contributed by atoms with van der Waals surface area (Å²) in [5.41, 5.74) is 1.00. The minimum atomic E-state index is -3.49. The van der Waals surface area contributed by atoms with Crippen molar-refractivity contribution in [2.45, 2.75) is 16.3 Å². The highest BCUT2D eigenvalue weighted by Gasteiger charge is 2.20. The average Bonchev–Trinajstić information content (AvgIpc) is 2.76. The molecule has 0 atom stereocenters. The lowest BCUT2D eigenvalue weighted by atomic mass is 10.2. The van der Waals surface area contributed by atoms with Crippen LogP contribution in [0.1, 0.15) is 5.56 Å². The van der Waals surface area contributed by atoms with Gasteiger partial charge in [-0.3, -0.25) is 4.90 Å². The molecule has 4 rings (SSSR count). The second-order valence-electron chi connectivity index (χ2n) is 6.78. The summed E-state index contributed by atoms with van der Waals surface area (Å²) in [4.78, 5) is 13.8. The summed E-state index contributed by atoms with van der Waals surface area (Å²) >= 11 is 0. The molecule has 0 bridgehead atoms. The summed E-state index contributed by atoms with van der Waals surface area (Å²) < 4.78 is 25.7. The Morgan fingerprint density at radius 1 is 0.786 bits per heavy atom. The van der Waals surface area contributed by atoms with Gasteiger partial charge in [-0.2, -0.15) is 0 Å². The van der Waals surface area contributed by atoms with Crippen molar-refractivity contribution in [3.8, 4) is 0 Å². The number of hydrogen-bond donors (Lipinski definition) is 0. The Labute approximate surface area is 165 Å². The van der Waals surface area contributed by atoms with Crippen LogP contribution in [0.25, 0.3) is 0 Å². The summed E-state index contributed by atoms with van der Waals surface area (Å²) in [7, 11) is -3.49. The van der Waals surface area contributed by atoms with E-state index in [1.54, 1.807) is 48.8 Å². The quantitative estimate of drug-likeness (QED) is 0.663. The third-order valence-corrected chi connectivity index (χ3v) is 6.64. The Kier molecular flexibility index (Phi) is 5.36. The Balaban J connectivity index is 1.44. The van der Waals surface area contributed by atoms with Gasteiger partial charge in [-0.05, 0) is 35.9 Å². The lowest BCUT2D eigenvalue weighted by Crippen LogP contribution is -2.46.